The van der Waals surface area contributed by atoms with E-state index in [2.05, 4.69) is 10.6 Å². The SMILES string of the molecule is CC(=N)c1ccc(CNC(=O)Cc2c(-c3cccc(N)c3)n(C)cc(NC(C)C)c2=O)cc1. The molecular formula is C26H31N5O2. The highest BCUT2D eigenvalue weighted by molar-refractivity contribution is 5.96. The Morgan fingerprint density at radius 2 is 1.85 bits per heavy atom. The van der Waals surface area contributed by atoms with E-state index in [1.165, 1.54) is 0 Å². The van der Waals surface area contributed by atoms with Crippen molar-refractivity contribution in [1.29, 1.82) is 5.41 Å². The Morgan fingerprint density at radius 1 is 1.15 bits per heavy atom. The molecule has 1 aromatic heterocycles. The third-order valence-corrected chi connectivity index (χ3v) is 5.30. The molecule has 0 saturated carbocycles. The number of aryl methyl sites for hydroxylation is 1. The van der Waals surface area contributed by atoms with Gasteiger partial charge in [0.1, 0.15) is 0 Å². The second-order valence-corrected chi connectivity index (χ2v) is 8.51. The van der Waals surface area contributed by atoms with Gasteiger partial charge in [-0.25, -0.2) is 0 Å². The van der Waals surface area contributed by atoms with Crippen LogP contribution in [0.1, 0.15) is 37.5 Å². The van der Waals surface area contributed by atoms with Crippen LogP contribution in [0.25, 0.3) is 11.3 Å². The third-order valence-electron chi connectivity index (χ3n) is 5.30. The Bertz CT molecular complexity index is 1230. The molecule has 0 aliphatic rings. The zero-order chi connectivity index (χ0) is 24.1. The molecule has 0 aliphatic carbocycles. The Balaban J connectivity index is 1.90. The summed E-state index contributed by atoms with van der Waals surface area (Å²) >= 11 is 0. The summed E-state index contributed by atoms with van der Waals surface area (Å²) in [6.45, 7) is 6.00. The molecule has 172 valence electrons. The standard InChI is InChI=1S/C26H31N5O2/c1-16(2)30-23-15-31(4)25(20-6-5-7-21(28)12-20)22(26(23)33)13-24(32)29-14-18-8-10-19(11-9-18)17(3)27/h5-12,15-16,27,30H,13-14,28H2,1-4H3,(H,29,32). The summed E-state index contributed by atoms with van der Waals surface area (Å²) in [6, 6.07) is 14.9. The minimum Gasteiger partial charge on any atom is -0.399 e. The predicted molar refractivity (Wildman–Crippen MR) is 135 cm³/mol. The van der Waals surface area contributed by atoms with E-state index in [4.69, 9.17) is 11.1 Å². The number of rotatable bonds is 8. The van der Waals surface area contributed by atoms with Crippen molar-refractivity contribution in [3.63, 3.8) is 0 Å². The number of carbonyl (C=O) groups excluding carboxylic acids is 1. The number of nitrogens with zero attached hydrogens (tertiary/aromatic N) is 1. The predicted octanol–water partition coefficient (Wildman–Crippen LogP) is 3.70. The molecule has 0 fully saturated rings. The average Bonchev–Trinajstić information content (AvgIpc) is 2.75. The molecule has 0 atom stereocenters. The molecule has 2 aromatic carbocycles. The van der Waals surface area contributed by atoms with Gasteiger partial charge in [0.2, 0.25) is 11.3 Å². The van der Waals surface area contributed by atoms with Crippen LogP contribution >= 0.6 is 0 Å². The van der Waals surface area contributed by atoms with E-state index in [9.17, 15) is 9.59 Å². The summed E-state index contributed by atoms with van der Waals surface area (Å²) in [6.07, 6.45) is 1.71. The fraction of sp³-hybridized carbons (Fsp3) is 0.269. The van der Waals surface area contributed by atoms with Crippen molar-refractivity contribution >= 4 is 23.0 Å². The molecule has 5 N–H and O–H groups in total. The van der Waals surface area contributed by atoms with Crippen LogP contribution in [0.4, 0.5) is 11.4 Å². The second-order valence-electron chi connectivity index (χ2n) is 8.51. The zero-order valence-corrected chi connectivity index (χ0v) is 19.5. The number of amides is 1. The van der Waals surface area contributed by atoms with Crippen LogP contribution in [0.5, 0.6) is 0 Å². The molecular weight excluding hydrogens is 414 g/mol. The second kappa shape index (κ2) is 10.2. The molecule has 1 heterocycles. The van der Waals surface area contributed by atoms with E-state index in [-0.39, 0.29) is 23.8 Å². The highest BCUT2D eigenvalue weighted by Gasteiger charge is 2.19. The number of benzene rings is 2. The summed E-state index contributed by atoms with van der Waals surface area (Å²) in [5, 5.41) is 13.8. The summed E-state index contributed by atoms with van der Waals surface area (Å²) in [7, 11) is 1.86. The van der Waals surface area contributed by atoms with Crippen LogP contribution in [-0.2, 0) is 24.8 Å². The summed E-state index contributed by atoms with van der Waals surface area (Å²) in [5.74, 6) is -0.244. The quantitative estimate of drug-likeness (QED) is 0.313. The van der Waals surface area contributed by atoms with Crippen LogP contribution in [0.2, 0.25) is 0 Å². The first kappa shape index (κ1) is 23.8. The van der Waals surface area contributed by atoms with Gasteiger partial charge in [0, 0.05) is 48.4 Å². The van der Waals surface area contributed by atoms with Gasteiger partial charge in [-0.2, -0.15) is 0 Å². The molecule has 33 heavy (non-hydrogen) atoms. The topological polar surface area (TPSA) is 113 Å². The summed E-state index contributed by atoms with van der Waals surface area (Å²) in [4.78, 5) is 26.2. The first-order chi connectivity index (χ1) is 15.7. The Hall–Kier alpha value is -3.87. The molecule has 0 aliphatic heterocycles. The van der Waals surface area contributed by atoms with Crippen molar-refractivity contribution in [2.45, 2.75) is 39.8 Å². The molecule has 0 saturated heterocycles. The maximum Gasteiger partial charge on any atom is 0.224 e. The molecule has 0 unspecified atom stereocenters. The monoisotopic (exact) mass is 445 g/mol. The lowest BCUT2D eigenvalue weighted by molar-refractivity contribution is -0.120. The minimum absolute atomic E-state index is 0.0535. The van der Waals surface area contributed by atoms with Gasteiger partial charge in [-0.3, -0.25) is 9.59 Å². The van der Waals surface area contributed by atoms with Gasteiger partial charge in [0.25, 0.3) is 0 Å². The number of hydrogen-bond acceptors (Lipinski definition) is 5. The van der Waals surface area contributed by atoms with Gasteiger partial charge >= 0.3 is 0 Å². The van der Waals surface area contributed by atoms with E-state index in [1.807, 2.05) is 61.9 Å². The fourth-order valence-electron chi connectivity index (χ4n) is 3.74. The lowest BCUT2D eigenvalue weighted by atomic mass is 10.0. The number of anilines is 2. The largest absolute Gasteiger partial charge is 0.399 e. The summed E-state index contributed by atoms with van der Waals surface area (Å²) < 4.78 is 1.86. The maximum atomic E-state index is 13.3. The van der Waals surface area contributed by atoms with Crippen molar-refractivity contribution in [2.24, 2.45) is 7.05 Å². The number of pyridine rings is 1. The molecule has 0 bridgehead atoms. The van der Waals surface area contributed by atoms with E-state index < -0.39 is 0 Å². The van der Waals surface area contributed by atoms with E-state index in [1.54, 1.807) is 25.3 Å². The number of nitrogens with two attached hydrogens (primary N) is 1. The average molecular weight is 446 g/mol. The number of carbonyl (C=O) groups is 1. The molecule has 0 radical (unpaired) electrons. The number of aromatic nitrogens is 1. The van der Waals surface area contributed by atoms with Crippen LogP contribution in [-0.4, -0.2) is 22.2 Å². The molecule has 7 heteroatoms. The van der Waals surface area contributed by atoms with Crippen LogP contribution in [0.3, 0.4) is 0 Å². The first-order valence-electron chi connectivity index (χ1n) is 10.9. The highest BCUT2D eigenvalue weighted by Crippen LogP contribution is 2.25. The Kier molecular flexibility index (Phi) is 7.33. The number of nitrogens with one attached hydrogen (secondary N) is 3. The third kappa shape index (κ3) is 5.88. The van der Waals surface area contributed by atoms with E-state index in [0.29, 0.717) is 34.9 Å². The Morgan fingerprint density at radius 3 is 2.45 bits per heavy atom. The van der Waals surface area contributed by atoms with Crippen molar-refractivity contribution in [3.05, 3.63) is 81.6 Å². The maximum absolute atomic E-state index is 13.3. The molecule has 3 aromatic rings. The van der Waals surface area contributed by atoms with Crippen LogP contribution in [0, 0.1) is 5.41 Å². The Labute approximate surface area is 194 Å². The normalized spacial score (nSPS) is 10.8. The van der Waals surface area contributed by atoms with Gasteiger partial charge in [-0.05, 0) is 44.0 Å². The fourth-order valence-corrected chi connectivity index (χ4v) is 3.74. The minimum atomic E-state index is -0.244. The van der Waals surface area contributed by atoms with E-state index in [0.717, 1.165) is 16.7 Å². The van der Waals surface area contributed by atoms with Crippen LogP contribution < -0.4 is 21.8 Å². The van der Waals surface area contributed by atoms with Crippen LogP contribution in [0.15, 0.2) is 59.5 Å². The smallest absolute Gasteiger partial charge is 0.224 e. The molecule has 3 rings (SSSR count). The van der Waals surface area contributed by atoms with Crippen molar-refractivity contribution in [2.75, 3.05) is 11.1 Å². The van der Waals surface area contributed by atoms with Crippen molar-refractivity contribution in [3.8, 4) is 11.3 Å². The molecule has 7 nitrogen and oxygen atoms in total. The number of nitrogen functional groups attached to an aromatic ring is 1. The van der Waals surface area contributed by atoms with Gasteiger partial charge in [0.15, 0.2) is 0 Å². The first-order valence-corrected chi connectivity index (χ1v) is 10.9. The van der Waals surface area contributed by atoms with Crippen molar-refractivity contribution in [1.82, 2.24) is 9.88 Å². The zero-order valence-electron chi connectivity index (χ0n) is 19.5. The van der Waals surface area contributed by atoms with Gasteiger partial charge < -0.3 is 26.3 Å². The van der Waals surface area contributed by atoms with Gasteiger partial charge in [-0.15, -0.1) is 0 Å². The highest BCUT2D eigenvalue weighted by atomic mass is 16.1. The molecule has 1 amide bonds. The summed E-state index contributed by atoms with van der Waals surface area (Å²) in [5.41, 5.74) is 11.0. The van der Waals surface area contributed by atoms with Crippen molar-refractivity contribution < 1.29 is 4.79 Å². The molecule has 0 spiro atoms. The lowest BCUT2D eigenvalue weighted by Gasteiger charge is -2.19. The lowest BCUT2D eigenvalue weighted by Crippen LogP contribution is -2.30. The van der Waals surface area contributed by atoms with Gasteiger partial charge in [0.05, 0.1) is 17.8 Å². The number of hydrogen-bond donors (Lipinski definition) is 4. The van der Waals surface area contributed by atoms with Gasteiger partial charge in [-0.1, -0.05) is 36.4 Å². The van der Waals surface area contributed by atoms with E-state index >= 15 is 0 Å².